The van der Waals surface area contributed by atoms with E-state index in [1.807, 2.05) is 19.1 Å². The normalized spacial score (nSPS) is 10.3. The standard InChI is InChI=1S/C11H12N4OS2/c1-7-4-5-13-11(14-7)17-6-8-2-3-9(18-8)10(16)15-12/h2-5H,6,12H2,1H3,(H,15,16). The zero-order valence-corrected chi connectivity index (χ0v) is 11.3. The lowest BCUT2D eigenvalue weighted by molar-refractivity contribution is 0.0957. The number of nitrogens with two attached hydrogens (primary N) is 1. The fraction of sp³-hybridized carbons (Fsp3) is 0.182. The van der Waals surface area contributed by atoms with Gasteiger partial charge in [-0.2, -0.15) is 0 Å². The summed E-state index contributed by atoms with van der Waals surface area (Å²) in [6.45, 7) is 1.93. The van der Waals surface area contributed by atoms with Crippen LogP contribution in [0.4, 0.5) is 0 Å². The molecule has 0 saturated carbocycles. The molecule has 7 heteroatoms. The molecule has 0 radical (unpaired) electrons. The summed E-state index contributed by atoms with van der Waals surface area (Å²) in [6.07, 6.45) is 1.74. The topological polar surface area (TPSA) is 80.9 Å². The quantitative estimate of drug-likeness (QED) is 0.293. The van der Waals surface area contributed by atoms with Crippen molar-refractivity contribution in [2.45, 2.75) is 17.8 Å². The molecule has 0 spiro atoms. The average molecular weight is 280 g/mol. The van der Waals surface area contributed by atoms with Gasteiger partial charge in [-0.15, -0.1) is 11.3 Å². The maximum Gasteiger partial charge on any atom is 0.275 e. The van der Waals surface area contributed by atoms with E-state index in [9.17, 15) is 4.79 Å². The van der Waals surface area contributed by atoms with Crippen molar-refractivity contribution in [1.82, 2.24) is 15.4 Å². The van der Waals surface area contributed by atoms with Crippen molar-refractivity contribution in [1.29, 1.82) is 0 Å². The number of thiophene rings is 1. The van der Waals surface area contributed by atoms with Crippen LogP contribution >= 0.6 is 23.1 Å². The monoisotopic (exact) mass is 280 g/mol. The Morgan fingerprint density at radius 1 is 1.50 bits per heavy atom. The zero-order valence-electron chi connectivity index (χ0n) is 9.71. The average Bonchev–Trinajstić information content (AvgIpc) is 2.84. The minimum absolute atomic E-state index is 0.261. The predicted molar refractivity (Wildman–Crippen MR) is 72.3 cm³/mol. The lowest BCUT2D eigenvalue weighted by Crippen LogP contribution is -2.29. The van der Waals surface area contributed by atoms with Crippen LogP contribution in [0.1, 0.15) is 20.2 Å². The molecule has 1 amide bonds. The molecule has 94 valence electrons. The minimum atomic E-state index is -0.261. The number of carbonyl (C=O) groups excluding carboxylic acids is 1. The highest BCUT2D eigenvalue weighted by atomic mass is 32.2. The maximum absolute atomic E-state index is 11.3. The van der Waals surface area contributed by atoms with Gasteiger partial charge in [0.15, 0.2) is 5.16 Å². The third kappa shape index (κ3) is 3.28. The Morgan fingerprint density at radius 3 is 3.06 bits per heavy atom. The van der Waals surface area contributed by atoms with Crippen molar-refractivity contribution in [2.24, 2.45) is 5.84 Å². The van der Waals surface area contributed by atoms with E-state index < -0.39 is 0 Å². The molecule has 2 aromatic heterocycles. The third-order valence-electron chi connectivity index (χ3n) is 2.13. The molecule has 3 N–H and O–H groups in total. The summed E-state index contributed by atoms with van der Waals surface area (Å²) in [5, 5.41) is 0.744. The minimum Gasteiger partial charge on any atom is -0.289 e. The van der Waals surface area contributed by atoms with Crippen LogP contribution in [-0.2, 0) is 5.75 Å². The van der Waals surface area contributed by atoms with Gasteiger partial charge in [-0.25, -0.2) is 15.8 Å². The van der Waals surface area contributed by atoms with Crippen LogP contribution < -0.4 is 11.3 Å². The van der Waals surface area contributed by atoms with E-state index in [2.05, 4.69) is 15.4 Å². The van der Waals surface area contributed by atoms with Crippen LogP contribution in [0, 0.1) is 6.92 Å². The Labute approximate surface area is 113 Å². The largest absolute Gasteiger partial charge is 0.289 e. The van der Waals surface area contributed by atoms with Crippen LogP contribution in [-0.4, -0.2) is 15.9 Å². The summed E-state index contributed by atoms with van der Waals surface area (Å²) in [5.41, 5.74) is 3.06. The Morgan fingerprint density at radius 2 is 2.33 bits per heavy atom. The van der Waals surface area contributed by atoms with Gasteiger partial charge in [0.25, 0.3) is 5.91 Å². The lowest BCUT2D eigenvalue weighted by Gasteiger charge is -1.98. The Hall–Kier alpha value is -1.44. The van der Waals surface area contributed by atoms with Crippen molar-refractivity contribution in [2.75, 3.05) is 0 Å². The van der Waals surface area contributed by atoms with Gasteiger partial charge in [0.05, 0.1) is 4.88 Å². The molecule has 5 nitrogen and oxygen atoms in total. The molecule has 0 atom stereocenters. The first kappa shape index (κ1) is 13.0. The molecule has 0 aliphatic carbocycles. The summed E-state index contributed by atoms with van der Waals surface area (Å²) in [6, 6.07) is 5.54. The van der Waals surface area contributed by atoms with E-state index in [1.54, 1.807) is 24.0 Å². The number of carbonyl (C=O) groups is 1. The molecule has 0 unspecified atom stereocenters. The van der Waals surface area contributed by atoms with Crippen LogP contribution in [0.2, 0.25) is 0 Å². The summed E-state index contributed by atoms with van der Waals surface area (Å²) in [7, 11) is 0. The molecule has 0 saturated heterocycles. The second-order valence-corrected chi connectivity index (χ2v) is 5.62. The number of rotatable bonds is 4. The fourth-order valence-corrected chi connectivity index (χ4v) is 3.11. The highest BCUT2D eigenvalue weighted by Gasteiger charge is 2.08. The summed E-state index contributed by atoms with van der Waals surface area (Å²) < 4.78 is 0. The van der Waals surface area contributed by atoms with Gasteiger partial charge in [-0.3, -0.25) is 10.2 Å². The number of thioether (sulfide) groups is 1. The highest BCUT2D eigenvalue weighted by Crippen LogP contribution is 2.24. The number of aryl methyl sites for hydroxylation is 1. The van der Waals surface area contributed by atoms with Crippen LogP contribution in [0.3, 0.4) is 0 Å². The SMILES string of the molecule is Cc1ccnc(SCc2ccc(C(=O)NN)s2)n1. The predicted octanol–water partition coefficient (Wildman–Crippen LogP) is 1.74. The molecule has 0 bridgehead atoms. The highest BCUT2D eigenvalue weighted by molar-refractivity contribution is 7.98. The van der Waals surface area contributed by atoms with Gasteiger partial charge in [0.2, 0.25) is 0 Å². The van der Waals surface area contributed by atoms with Gasteiger partial charge in [0.1, 0.15) is 0 Å². The van der Waals surface area contributed by atoms with E-state index in [1.165, 1.54) is 11.3 Å². The molecule has 2 rings (SSSR count). The first-order valence-corrected chi connectivity index (χ1v) is 7.01. The molecular weight excluding hydrogens is 268 g/mol. The van der Waals surface area contributed by atoms with E-state index in [0.29, 0.717) is 4.88 Å². The Kier molecular flexibility index (Phi) is 4.29. The van der Waals surface area contributed by atoms with Crippen LogP contribution in [0.5, 0.6) is 0 Å². The van der Waals surface area contributed by atoms with E-state index in [0.717, 1.165) is 21.5 Å². The van der Waals surface area contributed by atoms with Crippen molar-refractivity contribution < 1.29 is 4.79 Å². The third-order valence-corrected chi connectivity index (χ3v) is 4.31. The number of nitrogens with zero attached hydrogens (tertiary/aromatic N) is 2. The van der Waals surface area contributed by atoms with E-state index in [-0.39, 0.29) is 5.91 Å². The lowest BCUT2D eigenvalue weighted by atomic mass is 10.4. The Bertz CT molecular complexity index is 555. The van der Waals surface area contributed by atoms with Gasteiger partial charge < -0.3 is 0 Å². The van der Waals surface area contributed by atoms with Crippen molar-refractivity contribution in [3.8, 4) is 0 Å². The fourth-order valence-electron chi connectivity index (χ4n) is 1.28. The Balaban J connectivity index is 1.98. The van der Waals surface area contributed by atoms with E-state index >= 15 is 0 Å². The van der Waals surface area contributed by atoms with Crippen LogP contribution in [0.25, 0.3) is 0 Å². The summed E-state index contributed by atoms with van der Waals surface area (Å²) >= 11 is 2.97. The molecule has 18 heavy (non-hydrogen) atoms. The summed E-state index contributed by atoms with van der Waals surface area (Å²) in [4.78, 5) is 21.5. The number of hydrogen-bond acceptors (Lipinski definition) is 6. The van der Waals surface area contributed by atoms with Gasteiger partial charge in [-0.05, 0) is 25.1 Å². The van der Waals surface area contributed by atoms with Crippen molar-refractivity contribution in [3.05, 3.63) is 39.8 Å². The van der Waals surface area contributed by atoms with Crippen LogP contribution in [0.15, 0.2) is 29.6 Å². The first-order valence-electron chi connectivity index (χ1n) is 5.21. The number of hydrazine groups is 1. The second-order valence-electron chi connectivity index (χ2n) is 3.51. The summed E-state index contributed by atoms with van der Waals surface area (Å²) in [5.74, 6) is 5.56. The van der Waals surface area contributed by atoms with Gasteiger partial charge in [0, 0.05) is 22.5 Å². The molecule has 2 heterocycles. The first-order chi connectivity index (χ1) is 8.69. The zero-order chi connectivity index (χ0) is 13.0. The van der Waals surface area contributed by atoms with Gasteiger partial charge >= 0.3 is 0 Å². The number of nitrogens with one attached hydrogen (secondary N) is 1. The number of aromatic nitrogens is 2. The van der Waals surface area contributed by atoms with E-state index in [4.69, 9.17) is 5.84 Å². The number of nitrogen functional groups attached to an aromatic ring is 1. The van der Waals surface area contributed by atoms with Crippen molar-refractivity contribution in [3.63, 3.8) is 0 Å². The maximum atomic E-state index is 11.3. The smallest absolute Gasteiger partial charge is 0.275 e. The number of amides is 1. The van der Waals surface area contributed by atoms with Crippen molar-refractivity contribution >= 4 is 29.0 Å². The number of hydrogen-bond donors (Lipinski definition) is 2. The molecule has 2 aromatic rings. The molecule has 0 aliphatic heterocycles. The van der Waals surface area contributed by atoms with Gasteiger partial charge in [-0.1, -0.05) is 11.8 Å². The second kappa shape index (κ2) is 5.94. The molecule has 0 fully saturated rings. The molecule has 0 aromatic carbocycles. The molecular formula is C11H12N4OS2. The molecule has 0 aliphatic rings.